The smallest absolute Gasteiger partial charge is 0.171 e. The predicted molar refractivity (Wildman–Crippen MR) is 58.7 cm³/mol. The van der Waals surface area contributed by atoms with Crippen LogP contribution in [0.4, 0.5) is 13.2 Å². The first-order valence-electron chi connectivity index (χ1n) is 4.78. The van der Waals surface area contributed by atoms with Crippen LogP contribution in [0.25, 0.3) is 0 Å². The fourth-order valence-corrected chi connectivity index (χ4v) is 2.11. The summed E-state index contributed by atoms with van der Waals surface area (Å²) in [4.78, 5) is 12.4. The van der Waals surface area contributed by atoms with Gasteiger partial charge < -0.3 is 0 Å². The molecule has 88 valence electrons. The van der Waals surface area contributed by atoms with E-state index in [1.54, 1.807) is 17.5 Å². The number of carbonyl (C=O) groups is 1. The van der Waals surface area contributed by atoms with Crippen molar-refractivity contribution in [2.45, 2.75) is 6.42 Å². The third-order valence-corrected chi connectivity index (χ3v) is 3.10. The number of Topliss-reactive ketones (excluding diaryl/α,β-unsaturated/α-hetero) is 1. The number of carbonyl (C=O) groups excluding carboxylic acids is 1. The second kappa shape index (κ2) is 4.71. The largest absolute Gasteiger partial charge is 0.294 e. The highest BCUT2D eigenvalue weighted by Crippen LogP contribution is 2.17. The van der Waals surface area contributed by atoms with Gasteiger partial charge in [-0.2, -0.15) is 0 Å². The van der Waals surface area contributed by atoms with E-state index in [2.05, 4.69) is 0 Å². The molecule has 0 unspecified atom stereocenters. The van der Waals surface area contributed by atoms with Gasteiger partial charge in [-0.05, 0) is 17.5 Å². The van der Waals surface area contributed by atoms with Gasteiger partial charge in [0.2, 0.25) is 0 Å². The molecule has 2 aromatic rings. The van der Waals surface area contributed by atoms with Crippen LogP contribution in [-0.4, -0.2) is 5.78 Å². The molecule has 0 spiro atoms. The Bertz CT molecular complexity index is 549. The second-order valence-corrected chi connectivity index (χ2v) is 4.46. The molecular formula is C12H7F3OS. The zero-order valence-corrected chi connectivity index (χ0v) is 9.36. The molecule has 1 heterocycles. The fourth-order valence-electron chi connectivity index (χ4n) is 1.40. The average Bonchev–Trinajstić information content (AvgIpc) is 2.76. The zero-order valence-electron chi connectivity index (χ0n) is 8.54. The molecule has 0 atom stereocenters. The molecule has 0 saturated heterocycles. The van der Waals surface area contributed by atoms with E-state index >= 15 is 0 Å². The standard InChI is InChI=1S/C12H7F3OS/c13-9-6-11(15)10(14)5-8(9)12(16)4-7-2-1-3-17-7/h1-3,5-6H,4H2. The summed E-state index contributed by atoms with van der Waals surface area (Å²) in [7, 11) is 0. The van der Waals surface area contributed by atoms with E-state index in [9.17, 15) is 18.0 Å². The molecule has 17 heavy (non-hydrogen) atoms. The van der Waals surface area contributed by atoms with Gasteiger partial charge in [0, 0.05) is 17.4 Å². The third kappa shape index (κ3) is 2.55. The lowest BCUT2D eigenvalue weighted by atomic mass is 10.1. The summed E-state index contributed by atoms with van der Waals surface area (Å²) in [5.74, 6) is -4.12. The summed E-state index contributed by atoms with van der Waals surface area (Å²) in [6.45, 7) is 0. The Balaban J connectivity index is 2.28. The molecule has 1 aromatic carbocycles. The first kappa shape index (κ1) is 11.9. The topological polar surface area (TPSA) is 17.1 Å². The van der Waals surface area contributed by atoms with E-state index in [4.69, 9.17) is 0 Å². The molecule has 2 rings (SSSR count). The highest BCUT2D eigenvalue weighted by atomic mass is 32.1. The molecule has 0 amide bonds. The van der Waals surface area contributed by atoms with Crippen LogP contribution < -0.4 is 0 Å². The van der Waals surface area contributed by atoms with Crippen molar-refractivity contribution in [2.75, 3.05) is 0 Å². The van der Waals surface area contributed by atoms with E-state index in [-0.39, 0.29) is 6.42 Å². The molecule has 0 aliphatic rings. The monoisotopic (exact) mass is 256 g/mol. The van der Waals surface area contributed by atoms with Crippen molar-refractivity contribution in [1.82, 2.24) is 0 Å². The van der Waals surface area contributed by atoms with Gasteiger partial charge in [-0.1, -0.05) is 6.07 Å². The molecule has 0 fully saturated rings. The fraction of sp³-hybridized carbons (Fsp3) is 0.0833. The van der Waals surface area contributed by atoms with Gasteiger partial charge in [0.25, 0.3) is 0 Å². The Morgan fingerprint density at radius 1 is 1.12 bits per heavy atom. The highest BCUT2D eigenvalue weighted by Gasteiger charge is 2.16. The van der Waals surface area contributed by atoms with Crippen molar-refractivity contribution >= 4 is 17.1 Å². The predicted octanol–water partition coefficient (Wildman–Crippen LogP) is 3.59. The molecule has 1 aromatic heterocycles. The molecule has 0 aliphatic heterocycles. The van der Waals surface area contributed by atoms with Gasteiger partial charge >= 0.3 is 0 Å². The van der Waals surface area contributed by atoms with E-state index in [1.165, 1.54) is 11.3 Å². The quantitative estimate of drug-likeness (QED) is 0.606. The molecule has 0 saturated carbocycles. The van der Waals surface area contributed by atoms with E-state index in [0.717, 1.165) is 4.88 Å². The Labute approximate surface area is 99.5 Å². The second-order valence-electron chi connectivity index (χ2n) is 3.43. The van der Waals surface area contributed by atoms with Crippen LogP contribution in [0.15, 0.2) is 29.6 Å². The van der Waals surface area contributed by atoms with Gasteiger partial charge in [-0.25, -0.2) is 13.2 Å². The SMILES string of the molecule is O=C(Cc1cccs1)c1cc(F)c(F)cc1F. The molecule has 0 bridgehead atoms. The Hall–Kier alpha value is -1.62. The lowest BCUT2D eigenvalue weighted by Gasteiger charge is -2.02. The maximum Gasteiger partial charge on any atom is 0.171 e. The summed E-state index contributed by atoms with van der Waals surface area (Å²) < 4.78 is 38.9. The van der Waals surface area contributed by atoms with Crippen LogP contribution in [-0.2, 0) is 6.42 Å². The zero-order chi connectivity index (χ0) is 12.4. The highest BCUT2D eigenvalue weighted by molar-refractivity contribution is 7.10. The van der Waals surface area contributed by atoms with Crippen LogP contribution in [0.3, 0.4) is 0 Å². The van der Waals surface area contributed by atoms with Gasteiger partial charge in [0.1, 0.15) is 5.82 Å². The number of hydrogen-bond acceptors (Lipinski definition) is 2. The Morgan fingerprint density at radius 2 is 1.82 bits per heavy atom. The maximum atomic E-state index is 13.3. The Morgan fingerprint density at radius 3 is 2.47 bits per heavy atom. The van der Waals surface area contributed by atoms with E-state index in [0.29, 0.717) is 12.1 Å². The molecular weight excluding hydrogens is 249 g/mol. The van der Waals surface area contributed by atoms with Gasteiger partial charge in [0.15, 0.2) is 17.4 Å². The minimum Gasteiger partial charge on any atom is -0.294 e. The minimum atomic E-state index is -1.30. The van der Waals surface area contributed by atoms with Crippen LogP contribution in [0.1, 0.15) is 15.2 Å². The number of thiophene rings is 1. The van der Waals surface area contributed by atoms with Crippen LogP contribution in [0, 0.1) is 17.5 Å². The normalized spacial score (nSPS) is 10.5. The van der Waals surface area contributed by atoms with Crippen LogP contribution in [0.2, 0.25) is 0 Å². The van der Waals surface area contributed by atoms with Gasteiger partial charge in [-0.15, -0.1) is 11.3 Å². The van der Waals surface area contributed by atoms with Crippen LogP contribution in [0.5, 0.6) is 0 Å². The van der Waals surface area contributed by atoms with Crippen molar-refractivity contribution in [2.24, 2.45) is 0 Å². The Kier molecular flexibility index (Phi) is 3.28. The number of rotatable bonds is 3. The number of benzene rings is 1. The lowest BCUT2D eigenvalue weighted by Crippen LogP contribution is -2.07. The summed E-state index contributed by atoms with van der Waals surface area (Å²) in [5, 5.41) is 1.78. The lowest BCUT2D eigenvalue weighted by molar-refractivity contribution is 0.0989. The molecule has 0 N–H and O–H groups in total. The van der Waals surface area contributed by atoms with Crippen molar-refractivity contribution < 1.29 is 18.0 Å². The summed E-state index contributed by atoms with van der Waals surface area (Å²) >= 11 is 1.35. The van der Waals surface area contributed by atoms with Gasteiger partial charge in [-0.3, -0.25) is 4.79 Å². The summed E-state index contributed by atoms with van der Waals surface area (Å²) in [6, 6.07) is 4.47. The number of halogens is 3. The van der Waals surface area contributed by atoms with Crippen molar-refractivity contribution in [3.8, 4) is 0 Å². The molecule has 0 aliphatic carbocycles. The van der Waals surface area contributed by atoms with Crippen molar-refractivity contribution in [1.29, 1.82) is 0 Å². The van der Waals surface area contributed by atoms with E-state index < -0.39 is 28.8 Å². The molecule has 5 heteroatoms. The first-order chi connectivity index (χ1) is 8.08. The first-order valence-corrected chi connectivity index (χ1v) is 5.66. The maximum absolute atomic E-state index is 13.3. The van der Waals surface area contributed by atoms with E-state index in [1.807, 2.05) is 0 Å². The minimum absolute atomic E-state index is 0.0142. The third-order valence-electron chi connectivity index (χ3n) is 2.23. The molecule has 0 radical (unpaired) electrons. The number of ketones is 1. The van der Waals surface area contributed by atoms with Crippen molar-refractivity contribution in [3.05, 3.63) is 57.5 Å². The summed E-state index contributed by atoms with van der Waals surface area (Å²) in [5.41, 5.74) is -0.419. The average molecular weight is 256 g/mol. The van der Waals surface area contributed by atoms with Crippen molar-refractivity contribution in [3.63, 3.8) is 0 Å². The van der Waals surface area contributed by atoms with Gasteiger partial charge in [0.05, 0.1) is 5.56 Å². The number of hydrogen-bond donors (Lipinski definition) is 0. The van der Waals surface area contributed by atoms with Crippen LogP contribution >= 0.6 is 11.3 Å². The summed E-state index contributed by atoms with van der Waals surface area (Å²) in [6.07, 6.45) is -0.0142. The molecule has 1 nitrogen and oxygen atoms in total.